The number of carbonyl (C=O) groups excluding carboxylic acids is 1. The maximum absolute atomic E-state index is 11.7. The number of anilines is 1. The van der Waals surface area contributed by atoms with E-state index in [1.165, 1.54) is 0 Å². The third-order valence-corrected chi connectivity index (χ3v) is 2.90. The molecule has 0 aromatic heterocycles. The van der Waals surface area contributed by atoms with E-state index in [0.717, 1.165) is 0 Å². The van der Waals surface area contributed by atoms with Gasteiger partial charge in [0.25, 0.3) is 0 Å². The van der Waals surface area contributed by atoms with Gasteiger partial charge in [-0.05, 0) is 38.5 Å². The molecule has 0 spiro atoms. The summed E-state index contributed by atoms with van der Waals surface area (Å²) in [6.07, 6.45) is 0.690. The van der Waals surface area contributed by atoms with Crippen LogP contribution < -0.4 is 15.4 Å². The van der Waals surface area contributed by atoms with Gasteiger partial charge in [-0.25, -0.2) is 4.79 Å². The molecule has 0 saturated heterocycles. The van der Waals surface area contributed by atoms with Crippen molar-refractivity contribution in [1.29, 1.82) is 0 Å². The Bertz CT molecular complexity index is 448. The number of ether oxygens (including phenoxy) is 1. The van der Waals surface area contributed by atoms with E-state index >= 15 is 0 Å². The highest BCUT2D eigenvalue weighted by molar-refractivity contribution is 6.32. The lowest BCUT2D eigenvalue weighted by Gasteiger charge is -2.16. The summed E-state index contributed by atoms with van der Waals surface area (Å²) in [6, 6.07) is 4.41. The average Bonchev–Trinajstić information content (AvgIpc) is 2.38. The standard InChI is InChI=1S/C14H21ClN2O3/c1-4-10(8-18)16-14(19)17-11-5-6-13(12(15)7-11)20-9(2)3/h5-7,9-10,18H,4,8H2,1-3H3,(H2,16,17,19). The first-order valence-electron chi connectivity index (χ1n) is 6.60. The highest BCUT2D eigenvalue weighted by Gasteiger charge is 2.10. The lowest BCUT2D eigenvalue weighted by molar-refractivity contribution is 0.222. The summed E-state index contributed by atoms with van der Waals surface area (Å²) in [5, 5.41) is 14.8. The van der Waals surface area contributed by atoms with Crippen molar-refractivity contribution in [2.75, 3.05) is 11.9 Å². The quantitative estimate of drug-likeness (QED) is 0.756. The zero-order chi connectivity index (χ0) is 15.1. The molecule has 0 fully saturated rings. The molecule has 0 aliphatic heterocycles. The zero-order valence-corrected chi connectivity index (χ0v) is 12.7. The van der Waals surface area contributed by atoms with E-state index in [1.54, 1.807) is 18.2 Å². The van der Waals surface area contributed by atoms with E-state index in [2.05, 4.69) is 10.6 Å². The first-order valence-corrected chi connectivity index (χ1v) is 6.98. The van der Waals surface area contributed by atoms with Crippen LogP contribution in [0.25, 0.3) is 0 Å². The summed E-state index contributed by atoms with van der Waals surface area (Å²) in [7, 11) is 0. The van der Waals surface area contributed by atoms with E-state index in [4.69, 9.17) is 21.4 Å². The molecule has 0 heterocycles. The minimum absolute atomic E-state index is 0.0319. The Labute approximate surface area is 124 Å². The molecule has 0 aliphatic rings. The Morgan fingerprint density at radius 2 is 2.15 bits per heavy atom. The van der Waals surface area contributed by atoms with Gasteiger partial charge in [-0.3, -0.25) is 0 Å². The fourth-order valence-electron chi connectivity index (χ4n) is 1.56. The number of aliphatic hydroxyl groups is 1. The highest BCUT2D eigenvalue weighted by atomic mass is 35.5. The number of benzene rings is 1. The fourth-order valence-corrected chi connectivity index (χ4v) is 1.78. The normalized spacial score (nSPS) is 12.1. The number of halogens is 1. The number of rotatable bonds is 6. The van der Waals surface area contributed by atoms with Gasteiger partial charge in [0, 0.05) is 5.69 Å². The lowest BCUT2D eigenvalue weighted by atomic mass is 10.2. The number of urea groups is 1. The van der Waals surface area contributed by atoms with Crippen molar-refractivity contribution in [2.24, 2.45) is 0 Å². The molecule has 6 heteroatoms. The van der Waals surface area contributed by atoms with Crippen LogP contribution in [0.5, 0.6) is 5.75 Å². The summed E-state index contributed by atoms with van der Waals surface area (Å²) < 4.78 is 5.51. The van der Waals surface area contributed by atoms with Crippen LogP contribution in [0.4, 0.5) is 10.5 Å². The molecule has 3 N–H and O–H groups in total. The predicted octanol–water partition coefficient (Wildman–Crippen LogP) is 3.02. The lowest BCUT2D eigenvalue weighted by Crippen LogP contribution is -2.39. The molecule has 1 aromatic carbocycles. The van der Waals surface area contributed by atoms with Crippen LogP contribution in [0.15, 0.2) is 18.2 Å². The van der Waals surface area contributed by atoms with Gasteiger partial charge in [0.2, 0.25) is 0 Å². The number of hydrogen-bond acceptors (Lipinski definition) is 3. The summed E-state index contributed by atoms with van der Waals surface area (Å²) in [4.78, 5) is 11.7. The van der Waals surface area contributed by atoms with Crippen molar-refractivity contribution >= 4 is 23.3 Å². The molecule has 5 nitrogen and oxygen atoms in total. The molecule has 0 bridgehead atoms. The molecule has 20 heavy (non-hydrogen) atoms. The molecular weight excluding hydrogens is 280 g/mol. The molecule has 0 radical (unpaired) electrons. The Balaban J connectivity index is 2.64. The molecular formula is C14H21ClN2O3. The summed E-state index contributed by atoms with van der Waals surface area (Å²) in [5.41, 5.74) is 0.566. The largest absolute Gasteiger partial charge is 0.489 e. The van der Waals surface area contributed by atoms with E-state index in [1.807, 2.05) is 20.8 Å². The first-order chi connectivity index (χ1) is 9.46. The number of aliphatic hydroxyl groups excluding tert-OH is 1. The maximum atomic E-state index is 11.7. The molecule has 0 saturated carbocycles. The second-order valence-corrected chi connectivity index (χ2v) is 5.11. The van der Waals surface area contributed by atoms with Gasteiger partial charge < -0.3 is 20.5 Å². The van der Waals surface area contributed by atoms with E-state index in [0.29, 0.717) is 22.9 Å². The summed E-state index contributed by atoms with van der Waals surface area (Å²) in [5.74, 6) is 0.578. The van der Waals surface area contributed by atoms with Gasteiger partial charge in [0.15, 0.2) is 0 Å². The zero-order valence-electron chi connectivity index (χ0n) is 11.9. The van der Waals surface area contributed by atoms with Crippen molar-refractivity contribution in [1.82, 2.24) is 5.32 Å². The third kappa shape index (κ3) is 5.27. The van der Waals surface area contributed by atoms with E-state index < -0.39 is 0 Å². The predicted molar refractivity (Wildman–Crippen MR) is 80.5 cm³/mol. The van der Waals surface area contributed by atoms with Crippen molar-refractivity contribution < 1.29 is 14.6 Å². The molecule has 1 atom stereocenters. The topological polar surface area (TPSA) is 70.6 Å². The third-order valence-electron chi connectivity index (χ3n) is 2.60. The maximum Gasteiger partial charge on any atom is 0.319 e. The van der Waals surface area contributed by atoms with Crippen molar-refractivity contribution in [3.05, 3.63) is 23.2 Å². The second kappa shape index (κ2) is 7.97. The summed E-state index contributed by atoms with van der Waals surface area (Å²) in [6.45, 7) is 5.62. The first kappa shape index (κ1) is 16.6. The molecule has 0 aliphatic carbocycles. The highest BCUT2D eigenvalue weighted by Crippen LogP contribution is 2.28. The van der Waals surface area contributed by atoms with Gasteiger partial charge in [0.1, 0.15) is 5.75 Å². The van der Waals surface area contributed by atoms with Gasteiger partial charge in [-0.1, -0.05) is 18.5 Å². The number of nitrogens with one attached hydrogen (secondary N) is 2. The SMILES string of the molecule is CCC(CO)NC(=O)Nc1ccc(OC(C)C)c(Cl)c1. The number of amides is 2. The molecule has 2 amide bonds. The van der Waals surface area contributed by atoms with Crippen LogP contribution >= 0.6 is 11.6 Å². The van der Waals surface area contributed by atoms with Crippen LogP contribution in [0.1, 0.15) is 27.2 Å². The molecule has 1 unspecified atom stereocenters. The van der Waals surface area contributed by atoms with Gasteiger partial charge in [0.05, 0.1) is 23.8 Å². The second-order valence-electron chi connectivity index (χ2n) is 4.70. The Morgan fingerprint density at radius 3 is 2.65 bits per heavy atom. The average molecular weight is 301 g/mol. The fraction of sp³-hybridized carbons (Fsp3) is 0.500. The monoisotopic (exact) mass is 300 g/mol. The molecule has 112 valence electrons. The number of carbonyl (C=O) groups is 1. The Kier molecular flexibility index (Phi) is 6.61. The van der Waals surface area contributed by atoms with Crippen molar-refractivity contribution in [3.63, 3.8) is 0 Å². The summed E-state index contributed by atoms with van der Waals surface area (Å²) >= 11 is 6.08. The van der Waals surface area contributed by atoms with Crippen LogP contribution in [0.2, 0.25) is 5.02 Å². The number of hydrogen-bond donors (Lipinski definition) is 3. The smallest absolute Gasteiger partial charge is 0.319 e. The minimum Gasteiger partial charge on any atom is -0.489 e. The van der Waals surface area contributed by atoms with E-state index in [-0.39, 0.29) is 24.8 Å². The molecule has 1 rings (SSSR count). The van der Waals surface area contributed by atoms with Crippen molar-refractivity contribution in [2.45, 2.75) is 39.3 Å². The van der Waals surface area contributed by atoms with Gasteiger partial charge in [-0.2, -0.15) is 0 Å². The van der Waals surface area contributed by atoms with Crippen molar-refractivity contribution in [3.8, 4) is 5.75 Å². The molecule has 1 aromatic rings. The minimum atomic E-state index is -0.375. The van der Waals surface area contributed by atoms with Crippen LogP contribution in [-0.2, 0) is 0 Å². The van der Waals surface area contributed by atoms with Gasteiger partial charge >= 0.3 is 6.03 Å². The van der Waals surface area contributed by atoms with Gasteiger partial charge in [-0.15, -0.1) is 0 Å². The Morgan fingerprint density at radius 1 is 1.45 bits per heavy atom. The van der Waals surface area contributed by atoms with Crippen LogP contribution in [0.3, 0.4) is 0 Å². The van der Waals surface area contributed by atoms with E-state index in [9.17, 15) is 4.79 Å². The van der Waals surface area contributed by atoms with Crippen LogP contribution in [0, 0.1) is 0 Å². The van der Waals surface area contributed by atoms with Crippen LogP contribution in [-0.4, -0.2) is 29.9 Å². The Hall–Kier alpha value is -1.46.